The van der Waals surface area contributed by atoms with Gasteiger partial charge in [0, 0.05) is 37.8 Å². The molecule has 1 aliphatic rings. The van der Waals surface area contributed by atoms with E-state index in [-0.39, 0.29) is 34.9 Å². The number of carbonyl (C=O) groups excluding carboxylic acids is 1. The number of halogens is 1. The Morgan fingerprint density at radius 2 is 1.95 bits per heavy atom. The van der Waals surface area contributed by atoms with Gasteiger partial charge in [0.1, 0.15) is 11.9 Å². The number of benzene rings is 2. The van der Waals surface area contributed by atoms with E-state index in [9.17, 15) is 17.6 Å². The summed E-state index contributed by atoms with van der Waals surface area (Å²) in [5.74, 6) is -0.635. The zero-order valence-corrected chi connectivity index (χ0v) is 22.0. The monoisotopic (exact) mass is 546 g/mol. The van der Waals surface area contributed by atoms with Gasteiger partial charge in [-0.3, -0.25) is 9.59 Å². The molecule has 12 heteroatoms. The summed E-state index contributed by atoms with van der Waals surface area (Å²) in [4.78, 5) is 28.3. The van der Waals surface area contributed by atoms with E-state index in [0.717, 1.165) is 19.6 Å². The van der Waals surface area contributed by atoms with Crippen LogP contribution in [0.25, 0.3) is 11.4 Å². The molecule has 0 spiro atoms. The van der Waals surface area contributed by atoms with Gasteiger partial charge in [0.05, 0.1) is 4.90 Å². The quantitative estimate of drug-likeness (QED) is 0.432. The molecule has 204 valence electrons. The Morgan fingerprint density at radius 1 is 1.24 bits per heavy atom. The number of aromatic nitrogens is 2. The summed E-state index contributed by atoms with van der Waals surface area (Å²) in [7, 11) is -3.37. The highest BCUT2D eigenvalue weighted by molar-refractivity contribution is 7.90. The Labute approximate surface area is 220 Å². The first-order valence-corrected chi connectivity index (χ1v) is 14.0. The van der Waals surface area contributed by atoms with Crippen LogP contribution >= 0.6 is 0 Å². The van der Waals surface area contributed by atoms with Crippen LogP contribution < -0.4 is 5.73 Å². The highest BCUT2D eigenvalue weighted by Crippen LogP contribution is 2.33. The molecule has 3 aromatic rings. The lowest BCUT2D eigenvalue weighted by atomic mass is 10.0. The Bertz CT molecular complexity index is 1370. The molecule has 10 nitrogen and oxygen atoms in total. The SMILES string of the molecule is CC(=O)O.CS(=O)(=O)c1cccc(-c2noc([C@@H]3CCCN3C(=O)CC(N)CCc3ccccc3F)n2)c1. The molecule has 2 aromatic carbocycles. The van der Waals surface area contributed by atoms with Crippen molar-refractivity contribution in [2.75, 3.05) is 12.8 Å². The van der Waals surface area contributed by atoms with Crippen molar-refractivity contribution in [3.63, 3.8) is 0 Å². The van der Waals surface area contributed by atoms with Crippen molar-refractivity contribution in [1.29, 1.82) is 0 Å². The summed E-state index contributed by atoms with van der Waals surface area (Å²) in [6.07, 6.45) is 3.71. The molecule has 1 aromatic heterocycles. The lowest BCUT2D eigenvalue weighted by Crippen LogP contribution is -2.36. The fourth-order valence-electron chi connectivity index (χ4n) is 4.16. The minimum atomic E-state index is -3.37. The van der Waals surface area contributed by atoms with Crippen molar-refractivity contribution < 1.29 is 32.0 Å². The third-order valence-corrected chi connectivity index (χ3v) is 7.11. The summed E-state index contributed by atoms with van der Waals surface area (Å²) in [6.45, 7) is 1.64. The van der Waals surface area contributed by atoms with Gasteiger partial charge in [-0.05, 0) is 49.4 Å². The maximum atomic E-state index is 13.8. The van der Waals surface area contributed by atoms with Gasteiger partial charge < -0.3 is 20.3 Å². The minimum Gasteiger partial charge on any atom is -0.481 e. The number of aliphatic carboxylic acids is 1. The normalized spacial score (nSPS) is 16.0. The van der Waals surface area contributed by atoms with Crippen molar-refractivity contribution in [3.8, 4) is 11.4 Å². The Balaban J connectivity index is 0.000000934. The molecular formula is C26H31FN4O6S. The van der Waals surface area contributed by atoms with Gasteiger partial charge in [0.2, 0.25) is 17.6 Å². The van der Waals surface area contributed by atoms with Gasteiger partial charge >= 0.3 is 0 Å². The maximum Gasteiger partial charge on any atom is 0.300 e. The van der Waals surface area contributed by atoms with Gasteiger partial charge in [-0.1, -0.05) is 35.5 Å². The zero-order valence-electron chi connectivity index (χ0n) is 21.2. The van der Waals surface area contributed by atoms with Crippen LogP contribution in [0.15, 0.2) is 57.9 Å². The number of hydrogen-bond acceptors (Lipinski definition) is 8. The Morgan fingerprint density at radius 3 is 2.63 bits per heavy atom. The molecule has 0 radical (unpaired) electrons. The fourth-order valence-corrected chi connectivity index (χ4v) is 4.83. The number of hydrogen-bond donors (Lipinski definition) is 2. The van der Waals surface area contributed by atoms with E-state index in [4.69, 9.17) is 20.2 Å². The van der Waals surface area contributed by atoms with Gasteiger partial charge in [-0.2, -0.15) is 4.98 Å². The highest BCUT2D eigenvalue weighted by atomic mass is 32.2. The Kier molecular flexibility index (Phi) is 9.70. The number of rotatable bonds is 8. The van der Waals surface area contributed by atoms with Crippen LogP contribution in [0.5, 0.6) is 0 Å². The molecule has 0 aliphatic carbocycles. The second-order valence-corrected chi connectivity index (χ2v) is 11.1. The first kappa shape index (κ1) is 28.9. The number of carboxylic acid groups (broad SMARTS) is 1. The lowest BCUT2D eigenvalue weighted by molar-refractivity contribution is -0.134. The summed E-state index contributed by atoms with van der Waals surface area (Å²) in [6, 6.07) is 12.1. The average Bonchev–Trinajstić information content (AvgIpc) is 3.53. The topological polar surface area (TPSA) is 157 Å². The fraction of sp³-hybridized carbons (Fsp3) is 0.385. The number of amides is 1. The summed E-state index contributed by atoms with van der Waals surface area (Å²) < 4.78 is 43.0. The maximum absolute atomic E-state index is 13.8. The van der Waals surface area contributed by atoms with Crippen LogP contribution in [0.4, 0.5) is 4.39 Å². The molecular weight excluding hydrogens is 515 g/mol. The summed E-state index contributed by atoms with van der Waals surface area (Å²) in [5, 5.41) is 11.4. The van der Waals surface area contributed by atoms with E-state index in [1.165, 1.54) is 18.2 Å². The molecule has 38 heavy (non-hydrogen) atoms. The summed E-state index contributed by atoms with van der Waals surface area (Å²) in [5.41, 5.74) is 7.29. The van der Waals surface area contributed by atoms with Gasteiger partial charge in [0.15, 0.2) is 9.84 Å². The lowest BCUT2D eigenvalue weighted by Gasteiger charge is -2.23. The van der Waals surface area contributed by atoms with Crippen molar-refractivity contribution in [1.82, 2.24) is 15.0 Å². The predicted octanol–water partition coefficient (Wildman–Crippen LogP) is 3.38. The average molecular weight is 547 g/mol. The number of nitrogens with zero attached hydrogens (tertiary/aromatic N) is 3. The molecule has 3 N–H and O–H groups in total. The molecule has 1 amide bonds. The van der Waals surface area contributed by atoms with E-state index in [2.05, 4.69) is 10.1 Å². The Hall–Kier alpha value is -3.64. The largest absolute Gasteiger partial charge is 0.481 e. The summed E-state index contributed by atoms with van der Waals surface area (Å²) >= 11 is 0. The highest BCUT2D eigenvalue weighted by Gasteiger charge is 2.34. The molecule has 1 fully saturated rings. The second-order valence-electron chi connectivity index (χ2n) is 9.11. The molecule has 0 saturated carbocycles. The van der Waals surface area contributed by atoms with Gasteiger partial charge in [-0.25, -0.2) is 12.8 Å². The van der Waals surface area contributed by atoms with E-state index in [1.54, 1.807) is 35.2 Å². The van der Waals surface area contributed by atoms with Crippen molar-refractivity contribution >= 4 is 21.7 Å². The molecule has 4 rings (SSSR count). The number of carboxylic acids is 1. The number of carbonyl (C=O) groups is 2. The molecule has 1 unspecified atom stereocenters. The molecule has 0 bridgehead atoms. The van der Waals surface area contributed by atoms with E-state index < -0.39 is 21.8 Å². The van der Waals surface area contributed by atoms with Crippen molar-refractivity contribution in [2.45, 2.75) is 56.0 Å². The van der Waals surface area contributed by atoms with Crippen LogP contribution in [0.1, 0.15) is 50.1 Å². The minimum absolute atomic E-state index is 0.109. The van der Waals surface area contributed by atoms with Crippen LogP contribution in [0.2, 0.25) is 0 Å². The zero-order chi connectivity index (χ0) is 27.9. The third-order valence-electron chi connectivity index (χ3n) is 6.00. The van der Waals surface area contributed by atoms with Crippen molar-refractivity contribution in [2.24, 2.45) is 5.73 Å². The standard InChI is InChI=1S/C24H27FN4O4S.C2H4O2/c1-34(31,32)19-8-4-7-17(14-19)23-27-24(33-28-23)21-10-5-13-29(21)22(30)15-18(26)12-11-16-6-2-3-9-20(16)25;1-2(3)4/h2-4,6-9,14,18,21H,5,10-13,15,26H2,1H3;1H3,(H,3,4)/t18?,21-;/m0./s1. The van der Waals surface area contributed by atoms with Crippen LogP contribution in [-0.2, 0) is 25.8 Å². The molecule has 1 saturated heterocycles. The van der Waals surface area contributed by atoms with Gasteiger partial charge in [-0.15, -0.1) is 0 Å². The number of likely N-dealkylation sites (tertiary alicyclic amines) is 1. The van der Waals surface area contributed by atoms with Crippen LogP contribution in [0.3, 0.4) is 0 Å². The van der Waals surface area contributed by atoms with Crippen LogP contribution in [0, 0.1) is 5.82 Å². The first-order chi connectivity index (χ1) is 18.0. The number of aryl methyl sites for hydroxylation is 1. The second kappa shape index (κ2) is 12.7. The number of sulfone groups is 1. The van der Waals surface area contributed by atoms with E-state index in [1.807, 2.05) is 0 Å². The van der Waals surface area contributed by atoms with E-state index in [0.29, 0.717) is 42.8 Å². The smallest absolute Gasteiger partial charge is 0.300 e. The van der Waals surface area contributed by atoms with Gasteiger partial charge in [0.25, 0.3) is 5.97 Å². The predicted molar refractivity (Wildman–Crippen MR) is 137 cm³/mol. The molecule has 2 heterocycles. The van der Waals surface area contributed by atoms with Crippen molar-refractivity contribution in [3.05, 3.63) is 65.8 Å². The van der Waals surface area contributed by atoms with E-state index >= 15 is 0 Å². The molecule has 2 atom stereocenters. The third kappa shape index (κ3) is 7.93. The number of nitrogens with two attached hydrogens (primary N) is 1. The first-order valence-electron chi connectivity index (χ1n) is 12.1. The molecule has 1 aliphatic heterocycles. The van der Waals surface area contributed by atoms with Crippen LogP contribution in [-0.4, -0.2) is 59.3 Å².